The fraction of sp³-hybridized carbons (Fsp3) is 0.923. The number of hydrogen-bond acceptors (Lipinski definition) is 5. The third-order valence-corrected chi connectivity index (χ3v) is 3.68. The fourth-order valence-corrected chi connectivity index (χ4v) is 2.98. The molecule has 2 unspecified atom stereocenters. The number of carbonyl (C=O) groups is 1. The van der Waals surface area contributed by atoms with Crippen LogP contribution in [0.15, 0.2) is 0 Å². The maximum atomic E-state index is 12.1. The van der Waals surface area contributed by atoms with E-state index in [1.165, 1.54) is 0 Å². The molecule has 0 amide bonds. The average Bonchev–Trinajstić information content (AvgIpc) is 2.25. The van der Waals surface area contributed by atoms with Crippen molar-refractivity contribution in [2.45, 2.75) is 57.9 Å². The van der Waals surface area contributed by atoms with Gasteiger partial charge in [-0.2, -0.15) is 11.8 Å². The molecule has 0 saturated carbocycles. The Balaban J connectivity index is 4.60. The minimum absolute atomic E-state index is 0.169. The molecule has 0 aromatic heterocycles. The molecule has 18 heavy (non-hydrogen) atoms. The van der Waals surface area contributed by atoms with Crippen LogP contribution >= 0.6 is 11.8 Å². The Bertz CT molecular complexity index is 248. The first-order chi connectivity index (χ1) is 8.35. The minimum atomic E-state index is -0.661. The summed E-state index contributed by atoms with van der Waals surface area (Å²) in [7, 11) is 0. The van der Waals surface area contributed by atoms with Crippen molar-refractivity contribution in [3.8, 4) is 0 Å². The number of aliphatic hydroxyl groups is 1. The molecule has 5 heteroatoms. The highest BCUT2D eigenvalue weighted by Crippen LogP contribution is 2.23. The maximum Gasteiger partial charge on any atom is 0.326 e. The highest BCUT2D eigenvalue weighted by atomic mass is 32.2. The van der Waals surface area contributed by atoms with Crippen LogP contribution in [0.2, 0.25) is 0 Å². The normalized spacial score (nSPS) is 16.4. The molecular formula is C13H27NO3S. The lowest BCUT2D eigenvalue weighted by Crippen LogP contribution is -2.54. The molecule has 0 aliphatic carbocycles. The molecule has 2 atom stereocenters. The van der Waals surface area contributed by atoms with Crippen LogP contribution in [0.3, 0.4) is 0 Å². The molecular weight excluding hydrogens is 250 g/mol. The van der Waals surface area contributed by atoms with Gasteiger partial charge < -0.3 is 9.84 Å². The third-order valence-electron chi connectivity index (χ3n) is 2.52. The molecule has 0 spiro atoms. The lowest BCUT2D eigenvalue weighted by Gasteiger charge is -2.32. The lowest BCUT2D eigenvalue weighted by atomic mass is 9.95. The van der Waals surface area contributed by atoms with Crippen molar-refractivity contribution in [3.63, 3.8) is 0 Å². The summed E-state index contributed by atoms with van der Waals surface area (Å²) in [4.78, 5) is 12.1. The SMILES string of the molecule is CCOC(=O)C(C)(CC(C)SCCO)NC(C)C. The Morgan fingerprint density at radius 1 is 1.44 bits per heavy atom. The van der Waals surface area contributed by atoms with Crippen molar-refractivity contribution in [1.29, 1.82) is 0 Å². The first-order valence-electron chi connectivity index (χ1n) is 6.53. The Morgan fingerprint density at radius 2 is 2.06 bits per heavy atom. The smallest absolute Gasteiger partial charge is 0.326 e. The molecule has 2 N–H and O–H groups in total. The van der Waals surface area contributed by atoms with Crippen LogP contribution < -0.4 is 5.32 Å². The average molecular weight is 277 g/mol. The van der Waals surface area contributed by atoms with Crippen LogP contribution in [0.4, 0.5) is 0 Å². The molecule has 0 aromatic rings. The van der Waals surface area contributed by atoms with Crippen LogP contribution in [0, 0.1) is 0 Å². The van der Waals surface area contributed by atoms with Crippen molar-refractivity contribution in [3.05, 3.63) is 0 Å². The predicted molar refractivity (Wildman–Crippen MR) is 76.9 cm³/mol. The zero-order valence-corrected chi connectivity index (χ0v) is 13.0. The van der Waals surface area contributed by atoms with E-state index in [9.17, 15) is 4.79 Å². The van der Waals surface area contributed by atoms with Gasteiger partial charge in [0.1, 0.15) is 5.54 Å². The van der Waals surface area contributed by atoms with E-state index in [0.717, 1.165) is 0 Å². The van der Waals surface area contributed by atoms with Gasteiger partial charge >= 0.3 is 5.97 Å². The summed E-state index contributed by atoms with van der Waals surface area (Å²) in [6.07, 6.45) is 0.689. The van der Waals surface area contributed by atoms with Gasteiger partial charge in [-0.3, -0.25) is 10.1 Å². The van der Waals surface area contributed by atoms with Gasteiger partial charge in [-0.05, 0) is 34.1 Å². The maximum absolute atomic E-state index is 12.1. The number of thioether (sulfide) groups is 1. The van der Waals surface area contributed by atoms with Crippen molar-refractivity contribution >= 4 is 17.7 Å². The number of rotatable bonds is 9. The first kappa shape index (κ1) is 17.7. The number of esters is 1. The number of aliphatic hydroxyl groups excluding tert-OH is 1. The largest absolute Gasteiger partial charge is 0.465 e. The zero-order valence-electron chi connectivity index (χ0n) is 12.2. The van der Waals surface area contributed by atoms with Gasteiger partial charge in [0.05, 0.1) is 13.2 Å². The summed E-state index contributed by atoms with van der Waals surface area (Å²) in [5.74, 6) is 0.497. The first-order valence-corrected chi connectivity index (χ1v) is 7.58. The Kier molecular flexibility index (Phi) is 8.65. The zero-order chi connectivity index (χ0) is 14.2. The van der Waals surface area contributed by atoms with Crippen LogP contribution in [0.25, 0.3) is 0 Å². The van der Waals surface area contributed by atoms with Crippen LogP contribution in [-0.2, 0) is 9.53 Å². The molecule has 0 aliphatic heterocycles. The van der Waals surface area contributed by atoms with Gasteiger partial charge in [-0.15, -0.1) is 0 Å². The van der Waals surface area contributed by atoms with Gasteiger partial charge in [-0.1, -0.05) is 6.92 Å². The summed E-state index contributed by atoms with van der Waals surface area (Å²) >= 11 is 1.67. The monoisotopic (exact) mass is 277 g/mol. The second-order valence-electron chi connectivity index (χ2n) is 4.96. The van der Waals surface area contributed by atoms with Gasteiger partial charge in [0, 0.05) is 17.0 Å². The molecule has 0 fully saturated rings. The van der Waals surface area contributed by atoms with Crippen LogP contribution in [-0.4, -0.2) is 46.9 Å². The van der Waals surface area contributed by atoms with Crippen LogP contribution in [0.5, 0.6) is 0 Å². The van der Waals surface area contributed by atoms with Crippen molar-refractivity contribution in [2.75, 3.05) is 19.0 Å². The summed E-state index contributed by atoms with van der Waals surface area (Å²) in [6.45, 7) is 10.4. The van der Waals surface area contributed by atoms with E-state index in [-0.39, 0.29) is 23.9 Å². The number of nitrogens with one attached hydrogen (secondary N) is 1. The second-order valence-corrected chi connectivity index (χ2v) is 6.51. The van der Waals surface area contributed by atoms with E-state index in [1.54, 1.807) is 11.8 Å². The number of ether oxygens (including phenoxy) is 1. The third kappa shape index (κ3) is 6.61. The van der Waals surface area contributed by atoms with E-state index < -0.39 is 5.54 Å². The topological polar surface area (TPSA) is 58.6 Å². The van der Waals surface area contributed by atoms with Gasteiger partial charge in [0.25, 0.3) is 0 Å². The fourth-order valence-electron chi connectivity index (χ4n) is 2.02. The summed E-state index contributed by atoms with van der Waals surface area (Å²) in [6, 6.07) is 0.217. The molecule has 0 heterocycles. The van der Waals surface area contributed by atoms with Gasteiger partial charge in [-0.25, -0.2) is 0 Å². The molecule has 0 aromatic carbocycles. The number of hydrogen-bond donors (Lipinski definition) is 2. The van der Waals surface area contributed by atoms with Crippen LogP contribution in [0.1, 0.15) is 41.0 Å². The molecule has 0 bridgehead atoms. The minimum Gasteiger partial charge on any atom is -0.465 e. The van der Waals surface area contributed by atoms with Gasteiger partial charge in [0.15, 0.2) is 0 Å². The lowest BCUT2D eigenvalue weighted by molar-refractivity contribution is -0.151. The summed E-state index contributed by atoms with van der Waals surface area (Å²) in [5, 5.41) is 12.4. The quantitative estimate of drug-likeness (QED) is 0.630. The highest BCUT2D eigenvalue weighted by molar-refractivity contribution is 7.99. The van der Waals surface area contributed by atoms with E-state index in [0.29, 0.717) is 18.8 Å². The highest BCUT2D eigenvalue weighted by Gasteiger charge is 2.36. The molecule has 0 rings (SSSR count). The van der Waals surface area contributed by atoms with Gasteiger partial charge in [0.2, 0.25) is 0 Å². The predicted octanol–water partition coefficient (Wildman–Crippen LogP) is 1.81. The molecule has 0 saturated heterocycles. The van der Waals surface area contributed by atoms with Crippen molar-refractivity contribution in [1.82, 2.24) is 5.32 Å². The molecule has 4 nitrogen and oxygen atoms in total. The van der Waals surface area contributed by atoms with Crippen molar-refractivity contribution in [2.24, 2.45) is 0 Å². The molecule has 0 radical (unpaired) electrons. The summed E-state index contributed by atoms with van der Waals surface area (Å²) < 4.78 is 5.15. The number of carbonyl (C=O) groups excluding carboxylic acids is 1. The van der Waals surface area contributed by atoms with E-state index >= 15 is 0 Å². The standard InChI is InChI=1S/C13H27NO3S/c1-6-17-12(16)13(5,14-10(2)3)9-11(4)18-8-7-15/h10-11,14-15H,6-9H2,1-5H3. The second kappa shape index (κ2) is 8.77. The Morgan fingerprint density at radius 3 is 2.50 bits per heavy atom. The Labute approximate surface area is 115 Å². The molecule has 0 aliphatic rings. The van der Waals surface area contributed by atoms with Crippen molar-refractivity contribution < 1.29 is 14.6 Å². The van der Waals surface area contributed by atoms with E-state index in [4.69, 9.17) is 9.84 Å². The summed E-state index contributed by atoms with van der Waals surface area (Å²) in [5.41, 5.74) is -0.661. The Hall–Kier alpha value is -0.260. The molecule has 108 valence electrons. The van der Waals surface area contributed by atoms with E-state index in [2.05, 4.69) is 12.2 Å². The van der Waals surface area contributed by atoms with E-state index in [1.807, 2.05) is 27.7 Å².